The van der Waals surface area contributed by atoms with Gasteiger partial charge in [0.05, 0.1) is 6.10 Å². The quantitative estimate of drug-likeness (QED) is 0.742. The number of hydrogen-bond acceptors (Lipinski definition) is 2. The van der Waals surface area contributed by atoms with Crippen LogP contribution in [0, 0.1) is 11.3 Å². The lowest BCUT2D eigenvalue weighted by Gasteiger charge is -2.45. The molecule has 2 nitrogen and oxygen atoms in total. The smallest absolute Gasteiger partial charge is 0.0721 e. The van der Waals surface area contributed by atoms with E-state index in [0.717, 1.165) is 0 Å². The van der Waals surface area contributed by atoms with Gasteiger partial charge in [-0.2, -0.15) is 0 Å². The summed E-state index contributed by atoms with van der Waals surface area (Å²) in [7, 11) is 1.75. The molecule has 0 aromatic carbocycles. The van der Waals surface area contributed by atoms with Gasteiger partial charge in [0.15, 0.2) is 0 Å². The predicted molar refractivity (Wildman–Crippen MR) is 53.6 cm³/mol. The molecule has 1 saturated carbocycles. The Bertz CT molecular complexity index is 126. The summed E-state index contributed by atoms with van der Waals surface area (Å²) in [4.78, 5) is 0. The van der Waals surface area contributed by atoms with Crippen molar-refractivity contribution in [3.05, 3.63) is 0 Å². The zero-order chi connectivity index (χ0) is 8.48. The summed E-state index contributed by atoms with van der Waals surface area (Å²) in [6, 6.07) is 0. The van der Waals surface area contributed by atoms with Gasteiger partial charge in [-0.05, 0) is 24.2 Å². The molecule has 0 amide bonds. The van der Waals surface area contributed by atoms with Crippen LogP contribution in [-0.4, -0.2) is 19.8 Å². The fourth-order valence-corrected chi connectivity index (χ4v) is 2.10. The first-order valence-electron chi connectivity index (χ1n) is 4.32. The van der Waals surface area contributed by atoms with Gasteiger partial charge >= 0.3 is 0 Å². The first kappa shape index (κ1) is 12.2. The lowest BCUT2D eigenvalue weighted by Crippen LogP contribution is -2.43. The second-order valence-electron chi connectivity index (χ2n) is 4.34. The van der Waals surface area contributed by atoms with E-state index in [1.54, 1.807) is 7.11 Å². The highest BCUT2D eigenvalue weighted by Gasteiger charge is 2.39. The Hall–Kier alpha value is 0.210. The summed E-state index contributed by atoms with van der Waals surface area (Å²) in [5, 5.41) is 0. The SMILES string of the molecule is COC(CN)C1CC(C)(C)C1.Cl. The maximum absolute atomic E-state index is 5.56. The number of hydrogen-bond donors (Lipinski definition) is 1. The molecule has 0 saturated heterocycles. The van der Waals surface area contributed by atoms with E-state index in [1.807, 2.05) is 0 Å². The Morgan fingerprint density at radius 1 is 1.50 bits per heavy atom. The standard InChI is InChI=1S/C9H19NO.ClH/c1-9(2)4-7(5-9)8(6-10)11-3;/h7-8H,4-6,10H2,1-3H3;1H. The maximum Gasteiger partial charge on any atom is 0.0721 e. The van der Waals surface area contributed by atoms with Crippen LogP contribution in [0.2, 0.25) is 0 Å². The Morgan fingerprint density at radius 3 is 2.25 bits per heavy atom. The van der Waals surface area contributed by atoms with Crippen LogP contribution in [0.5, 0.6) is 0 Å². The van der Waals surface area contributed by atoms with Gasteiger partial charge in [0.25, 0.3) is 0 Å². The van der Waals surface area contributed by atoms with Crippen LogP contribution in [0.25, 0.3) is 0 Å². The fourth-order valence-electron chi connectivity index (χ4n) is 2.10. The van der Waals surface area contributed by atoms with Crippen LogP contribution >= 0.6 is 12.4 Å². The molecule has 0 aromatic heterocycles. The Balaban J connectivity index is 0.00000121. The van der Waals surface area contributed by atoms with Gasteiger partial charge in [0, 0.05) is 13.7 Å². The third-order valence-electron chi connectivity index (χ3n) is 2.69. The minimum atomic E-state index is 0. The Kier molecular flexibility index (Phi) is 4.53. The van der Waals surface area contributed by atoms with E-state index < -0.39 is 0 Å². The summed E-state index contributed by atoms with van der Waals surface area (Å²) in [6.45, 7) is 5.26. The second kappa shape index (κ2) is 4.45. The molecule has 0 spiro atoms. The van der Waals surface area contributed by atoms with Crippen LogP contribution < -0.4 is 5.73 Å². The van der Waals surface area contributed by atoms with Crippen molar-refractivity contribution in [2.45, 2.75) is 32.8 Å². The molecule has 0 aromatic rings. The first-order chi connectivity index (χ1) is 5.09. The molecule has 1 aliphatic rings. The molecule has 0 heterocycles. The molecule has 0 bridgehead atoms. The van der Waals surface area contributed by atoms with Crippen LogP contribution in [0.15, 0.2) is 0 Å². The normalized spacial score (nSPS) is 24.0. The first-order valence-corrected chi connectivity index (χ1v) is 4.32. The van der Waals surface area contributed by atoms with E-state index in [4.69, 9.17) is 10.5 Å². The molecule has 2 N–H and O–H groups in total. The highest BCUT2D eigenvalue weighted by atomic mass is 35.5. The lowest BCUT2D eigenvalue weighted by atomic mass is 9.62. The molecule has 0 radical (unpaired) electrons. The Labute approximate surface area is 81.3 Å². The Morgan fingerprint density at radius 2 is 2.00 bits per heavy atom. The molecule has 1 atom stereocenters. The van der Waals surface area contributed by atoms with Gasteiger partial charge in [-0.3, -0.25) is 0 Å². The summed E-state index contributed by atoms with van der Waals surface area (Å²) in [6.07, 6.45) is 2.83. The summed E-state index contributed by atoms with van der Waals surface area (Å²) >= 11 is 0. The third-order valence-corrected chi connectivity index (χ3v) is 2.69. The van der Waals surface area contributed by atoms with E-state index in [9.17, 15) is 0 Å². The number of nitrogens with two attached hydrogens (primary N) is 1. The lowest BCUT2D eigenvalue weighted by molar-refractivity contribution is -0.0321. The van der Waals surface area contributed by atoms with Crippen molar-refractivity contribution in [1.29, 1.82) is 0 Å². The molecule has 0 aliphatic heterocycles. The molecule has 74 valence electrons. The van der Waals surface area contributed by atoms with E-state index >= 15 is 0 Å². The van der Waals surface area contributed by atoms with Gasteiger partial charge in [0.1, 0.15) is 0 Å². The van der Waals surface area contributed by atoms with Crippen molar-refractivity contribution in [1.82, 2.24) is 0 Å². The minimum Gasteiger partial charge on any atom is -0.380 e. The summed E-state index contributed by atoms with van der Waals surface area (Å²) in [5.74, 6) is 0.708. The van der Waals surface area contributed by atoms with Gasteiger partial charge in [0.2, 0.25) is 0 Å². The zero-order valence-electron chi connectivity index (χ0n) is 8.17. The third kappa shape index (κ3) is 2.61. The molecule has 1 unspecified atom stereocenters. The van der Waals surface area contributed by atoms with Crippen molar-refractivity contribution in [3.8, 4) is 0 Å². The number of rotatable bonds is 3. The number of methoxy groups -OCH3 is 1. The van der Waals surface area contributed by atoms with Gasteiger partial charge in [-0.25, -0.2) is 0 Å². The topological polar surface area (TPSA) is 35.2 Å². The van der Waals surface area contributed by atoms with Crippen molar-refractivity contribution < 1.29 is 4.74 Å². The molecule has 1 aliphatic carbocycles. The average molecular weight is 194 g/mol. The van der Waals surface area contributed by atoms with Gasteiger partial charge in [-0.15, -0.1) is 12.4 Å². The van der Waals surface area contributed by atoms with Crippen molar-refractivity contribution >= 4 is 12.4 Å². The van der Waals surface area contributed by atoms with Crippen LogP contribution in [0.3, 0.4) is 0 Å². The van der Waals surface area contributed by atoms with E-state index in [-0.39, 0.29) is 12.4 Å². The fraction of sp³-hybridized carbons (Fsp3) is 1.00. The van der Waals surface area contributed by atoms with E-state index in [2.05, 4.69) is 13.8 Å². The summed E-state index contributed by atoms with van der Waals surface area (Å²) < 4.78 is 5.27. The van der Waals surface area contributed by atoms with Crippen LogP contribution in [0.4, 0.5) is 0 Å². The maximum atomic E-state index is 5.56. The van der Waals surface area contributed by atoms with E-state index in [1.165, 1.54) is 12.8 Å². The average Bonchev–Trinajstić information content (AvgIpc) is 1.86. The zero-order valence-corrected chi connectivity index (χ0v) is 8.99. The second-order valence-corrected chi connectivity index (χ2v) is 4.34. The van der Waals surface area contributed by atoms with Crippen molar-refractivity contribution in [2.75, 3.05) is 13.7 Å². The highest BCUT2D eigenvalue weighted by molar-refractivity contribution is 5.85. The van der Waals surface area contributed by atoms with Crippen molar-refractivity contribution in [2.24, 2.45) is 17.1 Å². The van der Waals surface area contributed by atoms with Gasteiger partial charge < -0.3 is 10.5 Å². The minimum absolute atomic E-state index is 0. The van der Waals surface area contributed by atoms with Crippen LogP contribution in [-0.2, 0) is 4.74 Å². The highest BCUT2D eigenvalue weighted by Crippen LogP contribution is 2.46. The molecule has 1 fully saturated rings. The van der Waals surface area contributed by atoms with Crippen molar-refractivity contribution in [3.63, 3.8) is 0 Å². The molecule has 12 heavy (non-hydrogen) atoms. The monoisotopic (exact) mass is 193 g/mol. The predicted octanol–water partition coefficient (Wildman–Crippen LogP) is 1.82. The van der Waals surface area contributed by atoms with E-state index in [0.29, 0.717) is 24.0 Å². The number of halogens is 1. The number of ether oxygens (including phenoxy) is 1. The van der Waals surface area contributed by atoms with Gasteiger partial charge in [-0.1, -0.05) is 13.8 Å². The largest absolute Gasteiger partial charge is 0.380 e. The molecule has 1 rings (SSSR count). The van der Waals surface area contributed by atoms with Crippen LogP contribution in [0.1, 0.15) is 26.7 Å². The summed E-state index contributed by atoms with van der Waals surface area (Å²) in [5.41, 5.74) is 6.10. The molecular weight excluding hydrogens is 174 g/mol. The molecular formula is C9H20ClNO. The molecule has 3 heteroatoms.